The molecule has 1 nitrogen and oxygen atoms in total. The highest BCUT2D eigenvalue weighted by Crippen LogP contribution is 2.39. The number of piperidine rings is 1. The average Bonchev–Trinajstić information content (AvgIpc) is 2.07. The van der Waals surface area contributed by atoms with Gasteiger partial charge < -0.3 is 5.32 Å². The van der Waals surface area contributed by atoms with Gasteiger partial charge in [-0.15, -0.1) is 0 Å². The molecule has 4 atom stereocenters. The number of hydrogen-bond donors (Lipinski definition) is 1. The van der Waals surface area contributed by atoms with Crippen LogP contribution in [0.25, 0.3) is 0 Å². The van der Waals surface area contributed by atoms with Crippen molar-refractivity contribution in [3.63, 3.8) is 0 Å². The third-order valence-electron chi connectivity index (χ3n) is 4.09. The summed E-state index contributed by atoms with van der Waals surface area (Å²) in [4.78, 5) is 0. The van der Waals surface area contributed by atoms with Crippen LogP contribution in [-0.2, 0) is 0 Å². The lowest BCUT2D eigenvalue weighted by molar-refractivity contribution is 0.104. The molecule has 1 heterocycles. The van der Waals surface area contributed by atoms with Crippen LogP contribution in [0.15, 0.2) is 0 Å². The second-order valence-corrected chi connectivity index (χ2v) is 4.94. The highest BCUT2D eigenvalue weighted by molar-refractivity contribution is 4.86. The number of nitrogens with one attached hydrogen (secondary N) is 1. The van der Waals surface area contributed by atoms with E-state index in [0.717, 1.165) is 23.7 Å². The first-order valence-corrected chi connectivity index (χ1v) is 5.48. The van der Waals surface area contributed by atoms with Crippen molar-refractivity contribution in [1.82, 2.24) is 5.32 Å². The molecule has 4 unspecified atom stereocenters. The minimum Gasteiger partial charge on any atom is -0.316 e. The molecule has 0 aromatic rings. The molecule has 1 saturated heterocycles. The Morgan fingerprint density at radius 1 is 1.00 bits per heavy atom. The molecular formula is C11H21N. The summed E-state index contributed by atoms with van der Waals surface area (Å²) in [7, 11) is 0. The zero-order valence-corrected chi connectivity index (χ0v) is 8.34. The maximum absolute atomic E-state index is 3.52. The fourth-order valence-corrected chi connectivity index (χ4v) is 2.98. The monoisotopic (exact) mass is 167 g/mol. The summed E-state index contributed by atoms with van der Waals surface area (Å²) < 4.78 is 0. The highest BCUT2D eigenvalue weighted by Gasteiger charge is 2.33. The second-order valence-electron chi connectivity index (χ2n) is 4.94. The van der Waals surface area contributed by atoms with E-state index in [0.29, 0.717) is 0 Å². The summed E-state index contributed by atoms with van der Waals surface area (Å²) in [6, 6.07) is 0. The first kappa shape index (κ1) is 8.55. The zero-order valence-electron chi connectivity index (χ0n) is 8.34. The smallest absolute Gasteiger partial charge is 0.00178 e. The van der Waals surface area contributed by atoms with Gasteiger partial charge >= 0.3 is 0 Å². The minimum absolute atomic E-state index is 0.964. The van der Waals surface area contributed by atoms with Crippen molar-refractivity contribution < 1.29 is 0 Å². The van der Waals surface area contributed by atoms with Gasteiger partial charge in [0, 0.05) is 0 Å². The first-order chi connectivity index (χ1) is 5.77. The largest absolute Gasteiger partial charge is 0.316 e. The van der Waals surface area contributed by atoms with Gasteiger partial charge in [0.15, 0.2) is 0 Å². The van der Waals surface area contributed by atoms with Crippen LogP contribution in [0.1, 0.15) is 33.1 Å². The topological polar surface area (TPSA) is 12.0 Å². The third-order valence-corrected chi connectivity index (χ3v) is 4.09. The van der Waals surface area contributed by atoms with Gasteiger partial charge in [0.1, 0.15) is 0 Å². The summed E-state index contributed by atoms with van der Waals surface area (Å²) in [5.41, 5.74) is 0. The lowest BCUT2D eigenvalue weighted by atomic mass is 9.67. The van der Waals surface area contributed by atoms with Crippen molar-refractivity contribution >= 4 is 0 Å². The average molecular weight is 167 g/mol. The highest BCUT2D eigenvalue weighted by atomic mass is 14.9. The van der Waals surface area contributed by atoms with Crippen LogP contribution in [0, 0.1) is 23.7 Å². The molecule has 2 aliphatic rings. The molecular weight excluding hydrogens is 146 g/mol. The normalized spacial score (nSPS) is 48.5. The molecule has 0 aromatic heterocycles. The number of fused-ring (bicyclic) bond motifs is 1. The van der Waals surface area contributed by atoms with E-state index in [9.17, 15) is 0 Å². The fraction of sp³-hybridized carbons (Fsp3) is 1.00. The maximum Gasteiger partial charge on any atom is -0.00178 e. The summed E-state index contributed by atoms with van der Waals surface area (Å²) in [6.07, 6.45) is 4.40. The molecule has 1 heteroatoms. The molecule has 1 aliphatic carbocycles. The van der Waals surface area contributed by atoms with Crippen molar-refractivity contribution in [2.75, 3.05) is 13.1 Å². The Morgan fingerprint density at radius 2 is 1.67 bits per heavy atom. The zero-order chi connectivity index (χ0) is 8.55. The molecule has 0 aromatic carbocycles. The van der Waals surface area contributed by atoms with Crippen molar-refractivity contribution in [2.45, 2.75) is 33.1 Å². The van der Waals surface area contributed by atoms with Crippen molar-refractivity contribution in [3.8, 4) is 0 Å². The summed E-state index contributed by atoms with van der Waals surface area (Å²) in [5.74, 6) is 4.00. The van der Waals surface area contributed by atoms with E-state index in [4.69, 9.17) is 0 Å². The van der Waals surface area contributed by atoms with Crippen LogP contribution in [-0.4, -0.2) is 13.1 Å². The minimum atomic E-state index is 0.964. The van der Waals surface area contributed by atoms with E-state index in [1.165, 1.54) is 32.4 Å². The molecule has 0 bridgehead atoms. The fourth-order valence-electron chi connectivity index (χ4n) is 2.98. The maximum atomic E-state index is 3.52. The van der Waals surface area contributed by atoms with Crippen molar-refractivity contribution in [3.05, 3.63) is 0 Å². The van der Waals surface area contributed by atoms with Crippen LogP contribution in [0.3, 0.4) is 0 Å². The molecule has 1 aliphatic heterocycles. The van der Waals surface area contributed by atoms with Crippen molar-refractivity contribution in [1.29, 1.82) is 0 Å². The summed E-state index contributed by atoms with van der Waals surface area (Å²) in [5, 5.41) is 3.52. The molecule has 0 amide bonds. The Hall–Kier alpha value is -0.0400. The predicted octanol–water partition coefficient (Wildman–Crippen LogP) is 2.28. The van der Waals surface area contributed by atoms with Crippen LogP contribution < -0.4 is 5.32 Å². The van der Waals surface area contributed by atoms with Gasteiger partial charge in [-0.2, -0.15) is 0 Å². The van der Waals surface area contributed by atoms with Crippen LogP contribution in [0.2, 0.25) is 0 Å². The SMILES string of the molecule is CC1CC2CCNCC2CC1C. The first-order valence-electron chi connectivity index (χ1n) is 5.48. The molecule has 12 heavy (non-hydrogen) atoms. The Morgan fingerprint density at radius 3 is 2.42 bits per heavy atom. The predicted molar refractivity (Wildman–Crippen MR) is 52.0 cm³/mol. The summed E-state index contributed by atoms with van der Waals surface area (Å²) in [6.45, 7) is 7.42. The number of hydrogen-bond acceptors (Lipinski definition) is 1. The Labute approximate surface area is 75.9 Å². The Balaban J connectivity index is 1.98. The van der Waals surface area contributed by atoms with Gasteiger partial charge in [0.25, 0.3) is 0 Å². The van der Waals surface area contributed by atoms with Gasteiger partial charge in [-0.25, -0.2) is 0 Å². The quantitative estimate of drug-likeness (QED) is 0.583. The number of rotatable bonds is 0. The third kappa shape index (κ3) is 1.52. The van der Waals surface area contributed by atoms with Crippen LogP contribution in [0.4, 0.5) is 0 Å². The van der Waals surface area contributed by atoms with Gasteiger partial charge in [0.05, 0.1) is 0 Å². The molecule has 0 spiro atoms. The Kier molecular flexibility index (Phi) is 2.40. The molecule has 2 fully saturated rings. The Bertz CT molecular complexity index is 137. The van der Waals surface area contributed by atoms with E-state index in [1.807, 2.05) is 0 Å². The lowest BCUT2D eigenvalue weighted by Crippen LogP contribution is -2.41. The van der Waals surface area contributed by atoms with Crippen molar-refractivity contribution in [2.24, 2.45) is 23.7 Å². The summed E-state index contributed by atoms with van der Waals surface area (Å²) >= 11 is 0. The van der Waals surface area contributed by atoms with Gasteiger partial charge in [0.2, 0.25) is 0 Å². The standard InChI is InChI=1S/C11H21N/c1-8-5-10-3-4-12-7-11(10)6-9(8)2/h8-12H,3-7H2,1-2H3. The van der Waals surface area contributed by atoms with E-state index >= 15 is 0 Å². The molecule has 0 radical (unpaired) electrons. The lowest BCUT2D eigenvalue weighted by Gasteiger charge is -2.42. The van der Waals surface area contributed by atoms with E-state index in [1.54, 1.807) is 0 Å². The molecule has 1 saturated carbocycles. The molecule has 70 valence electrons. The van der Waals surface area contributed by atoms with E-state index in [-0.39, 0.29) is 0 Å². The molecule has 2 rings (SSSR count). The van der Waals surface area contributed by atoms with Gasteiger partial charge in [-0.1, -0.05) is 13.8 Å². The van der Waals surface area contributed by atoms with Crippen LogP contribution >= 0.6 is 0 Å². The van der Waals surface area contributed by atoms with Gasteiger partial charge in [-0.05, 0) is 56.0 Å². The van der Waals surface area contributed by atoms with Crippen LogP contribution in [0.5, 0.6) is 0 Å². The second kappa shape index (κ2) is 3.37. The van der Waals surface area contributed by atoms with Gasteiger partial charge in [-0.3, -0.25) is 0 Å². The molecule has 1 N–H and O–H groups in total. The van der Waals surface area contributed by atoms with E-state index < -0.39 is 0 Å². The van der Waals surface area contributed by atoms with E-state index in [2.05, 4.69) is 19.2 Å².